The molecule has 0 bridgehead atoms. The van der Waals surface area contributed by atoms with Crippen molar-refractivity contribution >= 4 is 17.6 Å². The molecule has 94 valence electrons. The van der Waals surface area contributed by atoms with E-state index in [9.17, 15) is 0 Å². The van der Waals surface area contributed by atoms with Gasteiger partial charge in [0.25, 0.3) is 0 Å². The summed E-state index contributed by atoms with van der Waals surface area (Å²) in [6, 6.07) is 0. The standard InChI is InChI=1S/C12H20N4S/c1-17-11-3-2-5-16(6-4-11)12-9-14-8-10(7-13)15-12/h8-9,11H,2-7,13H2,1H3. The summed E-state index contributed by atoms with van der Waals surface area (Å²) in [5.74, 6) is 0.981. The molecule has 2 rings (SSSR count). The number of thioether (sulfide) groups is 1. The van der Waals surface area contributed by atoms with Crippen LogP contribution < -0.4 is 10.6 Å². The maximum absolute atomic E-state index is 5.60. The van der Waals surface area contributed by atoms with Crippen LogP contribution in [0.4, 0.5) is 5.82 Å². The third-order valence-corrected chi connectivity index (χ3v) is 4.35. The monoisotopic (exact) mass is 252 g/mol. The zero-order valence-corrected chi connectivity index (χ0v) is 11.1. The zero-order chi connectivity index (χ0) is 12.1. The van der Waals surface area contributed by atoms with Crippen molar-refractivity contribution in [3.05, 3.63) is 18.1 Å². The Morgan fingerprint density at radius 1 is 1.41 bits per heavy atom. The van der Waals surface area contributed by atoms with E-state index in [1.807, 2.05) is 18.0 Å². The predicted octanol–water partition coefficient (Wildman–Crippen LogP) is 1.66. The highest BCUT2D eigenvalue weighted by molar-refractivity contribution is 7.99. The topological polar surface area (TPSA) is 55.0 Å². The number of hydrogen-bond donors (Lipinski definition) is 1. The summed E-state index contributed by atoms with van der Waals surface area (Å²) >= 11 is 1.98. The van der Waals surface area contributed by atoms with Crippen LogP contribution in [0.5, 0.6) is 0 Å². The van der Waals surface area contributed by atoms with E-state index in [0.717, 1.165) is 29.9 Å². The average molecular weight is 252 g/mol. The molecule has 0 aliphatic carbocycles. The van der Waals surface area contributed by atoms with Crippen LogP contribution in [-0.2, 0) is 6.54 Å². The Bertz CT molecular complexity index is 358. The fraction of sp³-hybridized carbons (Fsp3) is 0.667. The third kappa shape index (κ3) is 3.33. The number of hydrogen-bond acceptors (Lipinski definition) is 5. The summed E-state index contributed by atoms with van der Waals surface area (Å²) < 4.78 is 0. The second-order valence-electron chi connectivity index (χ2n) is 4.35. The quantitative estimate of drug-likeness (QED) is 0.886. The lowest BCUT2D eigenvalue weighted by molar-refractivity contribution is 0.745. The van der Waals surface area contributed by atoms with E-state index in [4.69, 9.17) is 5.73 Å². The van der Waals surface area contributed by atoms with Crippen molar-refractivity contribution < 1.29 is 0 Å². The molecule has 0 spiro atoms. The fourth-order valence-corrected chi connectivity index (χ4v) is 2.92. The molecule has 0 radical (unpaired) electrons. The molecular weight excluding hydrogens is 232 g/mol. The lowest BCUT2D eigenvalue weighted by atomic mass is 10.2. The van der Waals surface area contributed by atoms with Gasteiger partial charge in [-0.05, 0) is 25.5 Å². The molecule has 0 amide bonds. The van der Waals surface area contributed by atoms with E-state index in [1.165, 1.54) is 19.3 Å². The highest BCUT2D eigenvalue weighted by Crippen LogP contribution is 2.23. The Labute approximate surface area is 107 Å². The normalized spacial score (nSPS) is 21.3. The molecule has 1 unspecified atom stereocenters. The van der Waals surface area contributed by atoms with Crippen LogP contribution in [0.15, 0.2) is 12.4 Å². The van der Waals surface area contributed by atoms with E-state index < -0.39 is 0 Å². The van der Waals surface area contributed by atoms with E-state index in [2.05, 4.69) is 21.1 Å². The number of aromatic nitrogens is 2. The van der Waals surface area contributed by atoms with Crippen LogP contribution in [0.2, 0.25) is 0 Å². The van der Waals surface area contributed by atoms with Gasteiger partial charge in [0.1, 0.15) is 5.82 Å². The summed E-state index contributed by atoms with van der Waals surface area (Å²) in [6.07, 6.45) is 9.57. The van der Waals surface area contributed by atoms with E-state index in [0.29, 0.717) is 6.54 Å². The van der Waals surface area contributed by atoms with Gasteiger partial charge in [0, 0.05) is 31.1 Å². The molecule has 1 aromatic rings. The number of rotatable bonds is 3. The van der Waals surface area contributed by atoms with Gasteiger partial charge in [0.2, 0.25) is 0 Å². The fourth-order valence-electron chi connectivity index (χ4n) is 2.18. The van der Waals surface area contributed by atoms with Crippen molar-refractivity contribution in [3.63, 3.8) is 0 Å². The van der Waals surface area contributed by atoms with Crippen LogP contribution in [0.1, 0.15) is 25.0 Å². The minimum absolute atomic E-state index is 0.460. The summed E-state index contributed by atoms with van der Waals surface area (Å²) in [5, 5.41) is 0.797. The molecule has 0 saturated carbocycles. The highest BCUT2D eigenvalue weighted by Gasteiger charge is 2.17. The first-order valence-corrected chi connectivity index (χ1v) is 7.41. The van der Waals surface area contributed by atoms with Crippen LogP contribution in [0.3, 0.4) is 0 Å². The summed E-state index contributed by atoms with van der Waals surface area (Å²) in [5.41, 5.74) is 6.47. The molecule has 1 aliphatic heterocycles. The molecule has 1 saturated heterocycles. The zero-order valence-electron chi connectivity index (χ0n) is 10.3. The van der Waals surface area contributed by atoms with Crippen LogP contribution in [-0.4, -0.2) is 34.6 Å². The van der Waals surface area contributed by atoms with E-state index in [-0.39, 0.29) is 0 Å². The van der Waals surface area contributed by atoms with E-state index in [1.54, 1.807) is 6.20 Å². The van der Waals surface area contributed by atoms with E-state index >= 15 is 0 Å². The van der Waals surface area contributed by atoms with Gasteiger partial charge < -0.3 is 10.6 Å². The lowest BCUT2D eigenvalue weighted by Gasteiger charge is -2.21. The molecule has 1 aromatic heterocycles. The largest absolute Gasteiger partial charge is 0.355 e. The van der Waals surface area contributed by atoms with Crippen molar-refractivity contribution in [3.8, 4) is 0 Å². The second-order valence-corrected chi connectivity index (χ2v) is 5.49. The predicted molar refractivity (Wildman–Crippen MR) is 73.3 cm³/mol. The first kappa shape index (κ1) is 12.6. The Kier molecular flexibility index (Phi) is 4.62. The summed E-state index contributed by atoms with van der Waals surface area (Å²) in [7, 11) is 0. The minimum Gasteiger partial charge on any atom is -0.355 e. The second kappa shape index (κ2) is 6.21. The molecule has 1 aliphatic rings. The van der Waals surface area contributed by atoms with Crippen molar-refractivity contribution in [2.75, 3.05) is 24.2 Å². The summed E-state index contributed by atoms with van der Waals surface area (Å²) in [4.78, 5) is 11.1. The average Bonchev–Trinajstić information content (AvgIpc) is 2.64. The molecule has 2 N–H and O–H groups in total. The van der Waals surface area contributed by atoms with Gasteiger partial charge in [-0.15, -0.1) is 0 Å². The van der Waals surface area contributed by atoms with Crippen molar-refractivity contribution in [2.24, 2.45) is 5.73 Å². The SMILES string of the molecule is CSC1CCCN(c2cncc(CN)n2)CC1. The molecule has 5 heteroatoms. The third-order valence-electron chi connectivity index (χ3n) is 3.21. The number of nitrogens with zero attached hydrogens (tertiary/aromatic N) is 3. The van der Waals surface area contributed by atoms with Gasteiger partial charge in [-0.25, -0.2) is 4.98 Å². The molecule has 4 nitrogen and oxygen atoms in total. The Morgan fingerprint density at radius 3 is 3.06 bits per heavy atom. The first-order valence-electron chi connectivity index (χ1n) is 6.12. The molecule has 0 aromatic carbocycles. The van der Waals surface area contributed by atoms with Crippen LogP contribution in [0.25, 0.3) is 0 Å². The van der Waals surface area contributed by atoms with Crippen molar-refractivity contribution in [1.29, 1.82) is 0 Å². The highest BCUT2D eigenvalue weighted by atomic mass is 32.2. The van der Waals surface area contributed by atoms with Crippen molar-refractivity contribution in [2.45, 2.75) is 31.1 Å². The molecule has 2 heterocycles. The maximum atomic E-state index is 5.60. The molecular formula is C12H20N4S. The Morgan fingerprint density at radius 2 is 2.29 bits per heavy atom. The van der Waals surface area contributed by atoms with Gasteiger partial charge >= 0.3 is 0 Å². The van der Waals surface area contributed by atoms with Crippen molar-refractivity contribution in [1.82, 2.24) is 9.97 Å². The van der Waals surface area contributed by atoms with Gasteiger partial charge in [0.05, 0.1) is 11.9 Å². The molecule has 1 atom stereocenters. The summed E-state index contributed by atoms with van der Waals surface area (Å²) in [6.45, 7) is 2.62. The number of anilines is 1. The van der Waals surface area contributed by atoms with Gasteiger partial charge in [-0.3, -0.25) is 4.98 Å². The Balaban J connectivity index is 2.05. The molecule has 17 heavy (non-hydrogen) atoms. The Hall–Kier alpha value is -0.810. The van der Waals surface area contributed by atoms with Crippen LogP contribution >= 0.6 is 11.8 Å². The van der Waals surface area contributed by atoms with Gasteiger partial charge in [-0.1, -0.05) is 0 Å². The first-order chi connectivity index (χ1) is 8.33. The van der Waals surface area contributed by atoms with Gasteiger partial charge in [0.15, 0.2) is 0 Å². The maximum Gasteiger partial charge on any atom is 0.147 e. The lowest BCUT2D eigenvalue weighted by Crippen LogP contribution is -2.26. The number of nitrogens with two attached hydrogens (primary N) is 1. The minimum atomic E-state index is 0.460. The van der Waals surface area contributed by atoms with Gasteiger partial charge in [-0.2, -0.15) is 11.8 Å². The van der Waals surface area contributed by atoms with Crippen LogP contribution in [0, 0.1) is 0 Å². The smallest absolute Gasteiger partial charge is 0.147 e. The molecule has 1 fully saturated rings.